The summed E-state index contributed by atoms with van der Waals surface area (Å²) in [7, 11) is 0. The van der Waals surface area contributed by atoms with Crippen molar-refractivity contribution in [2.75, 3.05) is 17.2 Å². The van der Waals surface area contributed by atoms with Crippen LogP contribution in [0.4, 0.5) is 24.5 Å². The lowest BCUT2D eigenvalue weighted by molar-refractivity contribution is -0.137. The molecule has 1 aliphatic rings. The molecule has 2 amide bonds. The zero-order valence-electron chi connectivity index (χ0n) is 18.3. The monoisotopic (exact) mass is 486 g/mol. The smallest absolute Gasteiger partial charge is 0.368 e. The largest absolute Gasteiger partial charge is 0.418 e. The minimum Gasteiger partial charge on any atom is -0.368 e. The number of halogens is 3. The summed E-state index contributed by atoms with van der Waals surface area (Å²) in [4.78, 5) is 36.9. The molecular weight excluding hydrogens is 465 g/mol. The van der Waals surface area contributed by atoms with Gasteiger partial charge >= 0.3 is 6.18 Å². The molecule has 0 aliphatic carbocycles. The summed E-state index contributed by atoms with van der Waals surface area (Å²) in [6.07, 6.45) is -4.33. The number of ether oxygens (including phenoxy) is 1. The van der Waals surface area contributed by atoms with Crippen LogP contribution in [0.15, 0.2) is 65.5 Å². The molecule has 35 heavy (non-hydrogen) atoms. The van der Waals surface area contributed by atoms with Gasteiger partial charge in [-0.2, -0.15) is 18.3 Å². The minimum atomic E-state index is -4.81. The molecule has 1 saturated heterocycles. The number of nitrogens with zero attached hydrogens (tertiary/aromatic N) is 2. The van der Waals surface area contributed by atoms with Crippen LogP contribution in [0, 0.1) is 0 Å². The highest BCUT2D eigenvalue weighted by Gasteiger charge is 2.35. The first-order chi connectivity index (χ1) is 16.7. The highest BCUT2D eigenvalue weighted by Crippen LogP contribution is 2.36. The van der Waals surface area contributed by atoms with E-state index in [4.69, 9.17) is 4.74 Å². The van der Waals surface area contributed by atoms with Crippen LogP contribution in [0.1, 0.15) is 18.4 Å². The lowest BCUT2D eigenvalue weighted by Crippen LogP contribution is -2.30. The number of nitrogens with one attached hydrogen (secondary N) is 2. The van der Waals surface area contributed by atoms with Gasteiger partial charge in [-0.1, -0.05) is 30.3 Å². The second-order valence-corrected chi connectivity index (χ2v) is 7.88. The Morgan fingerprint density at radius 1 is 1.06 bits per heavy atom. The second-order valence-electron chi connectivity index (χ2n) is 7.88. The Bertz CT molecular complexity index is 1290. The standard InChI is InChI=1S/C24H21F3N4O4/c25-24(26,27)17-13-16(28-23(34)20-7-4-12-35-20)8-9-19(17)29-21(32)14-31-22(33)11-10-18(30-31)15-5-2-1-3-6-15/h1-3,5-6,8-11,13,20H,4,7,12,14H2,(H,28,34)(H,29,32). The van der Waals surface area contributed by atoms with Crippen LogP contribution in [0.5, 0.6) is 0 Å². The molecule has 3 aromatic rings. The Balaban J connectivity index is 1.52. The topological polar surface area (TPSA) is 102 Å². The number of carbonyl (C=O) groups is 2. The molecule has 2 N–H and O–H groups in total. The fourth-order valence-corrected chi connectivity index (χ4v) is 3.62. The average Bonchev–Trinajstić information content (AvgIpc) is 3.37. The molecule has 11 heteroatoms. The zero-order chi connectivity index (χ0) is 25.0. The Kier molecular flexibility index (Phi) is 6.97. The third-order valence-electron chi connectivity index (χ3n) is 5.32. The first-order valence-electron chi connectivity index (χ1n) is 10.8. The van der Waals surface area contributed by atoms with Crippen LogP contribution < -0.4 is 16.2 Å². The molecule has 0 bridgehead atoms. The second kappa shape index (κ2) is 10.1. The Hall–Kier alpha value is -3.99. The van der Waals surface area contributed by atoms with Crippen molar-refractivity contribution in [3.8, 4) is 11.3 Å². The lowest BCUT2D eigenvalue weighted by Gasteiger charge is -2.17. The molecule has 1 aromatic heterocycles. The summed E-state index contributed by atoms with van der Waals surface area (Å²) in [5, 5.41) is 8.75. The van der Waals surface area contributed by atoms with Gasteiger partial charge in [0.25, 0.3) is 11.5 Å². The van der Waals surface area contributed by atoms with Gasteiger partial charge in [0, 0.05) is 23.9 Å². The fourth-order valence-electron chi connectivity index (χ4n) is 3.62. The molecule has 1 atom stereocenters. The van der Waals surface area contributed by atoms with E-state index >= 15 is 0 Å². The Morgan fingerprint density at radius 3 is 2.51 bits per heavy atom. The number of aromatic nitrogens is 2. The van der Waals surface area contributed by atoms with Crippen molar-refractivity contribution < 1.29 is 27.5 Å². The van der Waals surface area contributed by atoms with Crippen molar-refractivity contribution in [3.63, 3.8) is 0 Å². The van der Waals surface area contributed by atoms with Crippen LogP contribution in [0.25, 0.3) is 11.3 Å². The van der Waals surface area contributed by atoms with Gasteiger partial charge in [0.05, 0.1) is 16.9 Å². The Labute approximate surface area is 197 Å². The molecule has 0 spiro atoms. The number of benzene rings is 2. The number of hydrogen-bond acceptors (Lipinski definition) is 5. The number of alkyl halides is 3. The molecule has 1 fully saturated rings. The zero-order valence-corrected chi connectivity index (χ0v) is 18.3. The Morgan fingerprint density at radius 2 is 1.83 bits per heavy atom. The van der Waals surface area contributed by atoms with Gasteiger partial charge in [-0.05, 0) is 37.1 Å². The minimum absolute atomic E-state index is 0.0794. The van der Waals surface area contributed by atoms with Gasteiger partial charge in [0.2, 0.25) is 5.91 Å². The number of rotatable bonds is 6. The van der Waals surface area contributed by atoms with Crippen molar-refractivity contribution in [3.05, 3.63) is 76.6 Å². The molecule has 182 valence electrons. The van der Waals surface area contributed by atoms with Crippen molar-refractivity contribution in [1.29, 1.82) is 0 Å². The predicted octanol–water partition coefficient (Wildman–Crippen LogP) is 3.69. The number of amides is 2. The average molecular weight is 486 g/mol. The summed E-state index contributed by atoms with van der Waals surface area (Å²) in [5.41, 5.74) is -1.17. The molecule has 2 aromatic carbocycles. The molecule has 4 rings (SSSR count). The highest BCUT2D eigenvalue weighted by atomic mass is 19.4. The first-order valence-corrected chi connectivity index (χ1v) is 10.8. The van der Waals surface area contributed by atoms with Gasteiger partial charge in [0.15, 0.2) is 0 Å². The molecule has 1 unspecified atom stereocenters. The van der Waals surface area contributed by atoms with Gasteiger partial charge in [-0.25, -0.2) is 4.68 Å². The van der Waals surface area contributed by atoms with Crippen LogP contribution in [-0.4, -0.2) is 34.3 Å². The van der Waals surface area contributed by atoms with E-state index in [1.54, 1.807) is 24.3 Å². The van der Waals surface area contributed by atoms with Gasteiger partial charge in [-0.3, -0.25) is 14.4 Å². The lowest BCUT2D eigenvalue weighted by atomic mass is 10.1. The van der Waals surface area contributed by atoms with E-state index in [1.807, 2.05) is 6.07 Å². The maximum atomic E-state index is 13.7. The first kappa shape index (κ1) is 24.1. The van der Waals surface area contributed by atoms with Gasteiger partial charge in [0.1, 0.15) is 12.6 Å². The summed E-state index contributed by atoms with van der Waals surface area (Å²) >= 11 is 0. The summed E-state index contributed by atoms with van der Waals surface area (Å²) in [5.74, 6) is -1.40. The fraction of sp³-hybridized carbons (Fsp3) is 0.250. The summed E-state index contributed by atoms with van der Waals surface area (Å²) in [6, 6.07) is 14.7. The SMILES string of the molecule is O=C(Cn1nc(-c2ccccc2)ccc1=O)Nc1ccc(NC(=O)C2CCCO2)cc1C(F)(F)F. The molecule has 1 aliphatic heterocycles. The van der Waals surface area contributed by atoms with Crippen molar-refractivity contribution >= 4 is 23.2 Å². The van der Waals surface area contributed by atoms with Gasteiger partial charge in [-0.15, -0.1) is 0 Å². The van der Waals surface area contributed by atoms with E-state index in [0.717, 1.165) is 16.8 Å². The third kappa shape index (κ3) is 5.93. The van der Waals surface area contributed by atoms with Gasteiger partial charge < -0.3 is 15.4 Å². The van der Waals surface area contributed by atoms with Crippen LogP contribution >= 0.6 is 0 Å². The third-order valence-corrected chi connectivity index (χ3v) is 5.32. The maximum Gasteiger partial charge on any atom is 0.418 e. The van der Waals surface area contributed by atoms with Crippen molar-refractivity contribution in [1.82, 2.24) is 9.78 Å². The molecule has 0 saturated carbocycles. The highest BCUT2D eigenvalue weighted by molar-refractivity contribution is 5.96. The normalized spacial score (nSPS) is 15.6. The number of carbonyl (C=O) groups excluding carboxylic acids is 2. The molecule has 8 nitrogen and oxygen atoms in total. The van der Waals surface area contributed by atoms with Crippen LogP contribution in [0.2, 0.25) is 0 Å². The number of hydrogen-bond donors (Lipinski definition) is 2. The molecular formula is C24H21F3N4O4. The summed E-state index contributed by atoms with van der Waals surface area (Å²) in [6.45, 7) is -0.169. The van der Waals surface area contributed by atoms with E-state index in [1.165, 1.54) is 18.2 Å². The van der Waals surface area contributed by atoms with Crippen molar-refractivity contribution in [2.24, 2.45) is 0 Å². The summed E-state index contributed by atoms with van der Waals surface area (Å²) < 4.78 is 47.2. The van der Waals surface area contributed by atoms with Crippen LogP contribution in [-0.2, 0) is 27.0 Å². The van der Waals surface area contributed by atoms with E-state index in [9.17, 15) is 27.6 Å². The predicted molar refractivity (Wildman–Crippen MR) is 122 cm³/mol. The van der Waals surface area contributed by atoms with Crippen molar-refractivity contribution in [2.45, 2.75) is 31.7 Å². The number of anilines is 2. The molecule has 2 heterocycles. The quantitative estimate of drug-likeness (QED) is 0.554. The van der Waals surface area contributed by atoms with Crippen LogP contribution in [0.3, 0.4) is 0 Å². The van der Waals surface area contributed by atoms with E-state index in [0.29, 0.717) is 30.7 Å². The maximum absolute atomic E-state index is 13.7. The molecule has 0 radical (unpaired) electrons. The van der Waals surface area contributed by atoms with E-state index in [2.05, 4.69) is 15.7 Å². The van der Waals surface area contributed by atoms with E-state index in [-0.39, 0.29) is 5.69 Å². The van der Waals surface area contributed by atoms with E-state index < -0.39 is 47.4 Å².